The van der Waals surface area contributed by atoms with Crippen molar-refractivity contribution in [1.29, 1.82) is 0 Å². The normalized spacial score (nSPS) is 14.4. The molecular weight excluding hydrogens is 352 g/mol. The highest BCUT2D eigenvalue weighted by Gasteiger charge is 2.23. The Balaban J connectivity index is 1.45. The van der Waals surface area contributed by atoms with Crippen LogP contribution in [-0.4, -0.2) is 56.7 Å². The molecule has 1 saturated heterocycles. The van der Waals surface area contributed by atoms with Crippen molar-refractivity contribution < 1.29 is 4.79 Å². The molecule has 0 radical (unpaired) electrons. The second kappa shape index (κ2) is 7.42. The van der Waals surface area contributed by atoms with Crippen molar-refractivity contribution in [2.24, 2.45) is 0 Å². The number of hydrogen-bond donors (Lipinski definition) is 0. The van der Waals surface area contributed by atoms with Crippen LogP contribution < -0.4 is 4.90 Å². The highest BCUT2D eigenvalue weighted by Crippen LogP contribution is 2.17. The minimum Gasteiger partial charge on any atom is -0.352 e. The second-order valence-electron chi connectivity index (χ2n) is 7.22. The molecule has 2 aromatic heterocycles. The van der Waals surface area contributed by atoms with E-state index in [1.54, 1.807) is 12.4 Å². The summed E-state index contributed by atoms with van der Waals surface area (Å²) in [6, 6.07) is 9.76. The zero-order valence-electron chi connectivity index (χ0n) is 16.5. The molecule has 0 atom stereocenters. The first-order valence-electron chi connectivity index (χ1n) is 9.48. The number of amides is 1. The third-order valence-electron chi connectivity index (χ3n) is 5.03. The van der Waals surface area contributed by atoms with Crippen molar-refractivity contribution in [2.75, 3.05) is 31.1 Å². The lowest BCUT2D eigenvalue weighted by Gasteiger charge is -2.35. The lowest BCUT2D eigenvalue weighted by molar-refractivity contribution is 0.0746. The Morgan fingerprint density at radius 3 is 2.25 bits per heavy atom. The van der Waals surface area contributed by atoms with E-state index in [-0.39, 0.29) is 5.91 Å². The maximum atomic E-state index is 12.7. The van der Waals surface area contributed by atoms with Crippen LogP contribution in [0.1, 0.15) is 27.3 Å². The summed E-state index contributed by atoms with van der Waals surface area (Å²) in [6.07, 6.45) is 3.49. The Kier molecular flexibility index (Phi) is 4.81. The molecule has 0 N–H and O–H groups in total. The second-order valence-corrected chi connectivity index (χ2v) is 7.22. The summed E-state index contributed by atoms with van der Waals surface area (Å²) in [5, 5.41) is 4.48. The number of hydrogen-bond acceptors (Lipinski definition) is 5. The topological polar surface area (TPSA) is 67.2 Å². The van der Waals surface area contributed by atoms with Crippen molar-refractivity contribution in [3.05, 3.63) is 65.2 Å². The molecule has 0 spiro atoms. The number of anilines is 1. The monoisotopic (exact) mass is 376 g/mol. The lowest BCUT2D eigenvalue weighted by Crippen LogP contribution is -2.49. The van der Waals surface area contributed by atoms with E-state index in [1.165, 1.54) is 0 Å². The van der Waals surface area contributed by atoms with Gasteiger partial charge >= 0.3 is 0 Å². The van der Waals surface area contributed by atoms with E-state index in [9.17, 15) is 4.79 Å². The number of carbonyl (C=O) groups is 1. The summed E-state index contributed by atoms with van der Waals surface area (Å²) in [5.74, 6) is 1.61. The molecule has 0 saturated carbocycles. The third-order valence-corrected chi connectivity index (χ3v) is 5.03. The van der Waals surface area contributed by atoms with Crippen molar-refractivity contribution in [1.82, 2.24) is 24.6 Å². The first-order chi connectivity index (χ1) is 13.5. The minimum atomic E-state index is 0.0853. The van der Waals surface area contributed by atoms with Crippen LogP contribution >= 0.6 is 0 Å². The van der Waals surface area contributed by atoms with Gasteiger partial charge in [-0.2, -0.15) is 5.10 Å². The van der Waals surface area contributed by atoms with E-state index in [0.29, 0.717) is 18.9 Å². The number of aryl methyl sites for hydroxylation is 3. The highest BCUT2D eigenvalue weighted by molar-refractivity contribution is 5.94. The predicted molar refractivity (Wildman–Crippen MR) is 108 cm³/mol. The Morgan fingerprint density at radius 2 is 1.61 bits per heavy atom. The first-order valence-corrected chi connectivity index (χ1v) is 9.48. The lowest BCUT2D eigenvalue weighted by atomic mass is 10.1. The van der Waals surface area contributed by atoms with Gasteiger partial charge in [0.2, 0.25) is 0 Å². The molecule has 28 heavy (non-hydrogen) atoms. The quantitative estimate of drug-likeness (QED) is 0.703. The molecule has 1 amide bonds. The van der Waals surface area contributed by atoms with Gasteiger partial charge in [-0.1, -0.05) is 17.7 Å². The molecule has 0 bridgehead atoms. The van der Waals surface area contributed by atoms with Crippen LogP contribution in [0.4, 0.5) is 5.82 Å². The number of nitrogens with zero attached hydrogens (tertiary/aromatic N) is 6. The Bertz CT molecular complexity index is 986. The fourth-order valence-electron chi connectivity index (χ4n) is 3.48. The van der Waals surface area contributed by atoms with Crippen molar-refractivity contribution in [3.8, 4) is 5.82 Å². The minimum absolute atomic E-state index is 0.0853. The van der Waals surface area contributed by atoms with E-state index in [4.69, 9.17) is 4.98 Å². The van der Waals surface area contributed by atoms with Crippen LogP contribution in [0.25, 0.3) is 5.82 Å². The standard InChI is InChI=1S/C21H24N6O/c1-15-4-6-18(7-5-15)21(28)26-10-8-25(9-11-26)19-13-22-14-20(23-19)27-17(3)12-16(2)24-27/h4-7,12-14H,8-11H2,1-3H3. The van der Waals surface area contributed by atoms with E-state index in [2.05, 4.69) is 15.0 Å². The van der Waals surface area contributed by atoms with Crippen molar-refractivity contribution in [3.63, 3.8) is 0 Å². The largest absolute Gasteiger partial charge is 0.352 e. The average molecular weight is 376 g/mol. The van der Waals surface area contributed by atoms with Gasteiger partial charge in [-0.15, -0.1) is 0 Å². The summed E-state index contributed by atoms with van der Waals surface area (Å²) in [6.45, 7) is 8.78. The molecule has 0 unspecified atom stereocenters. The van der Waals surface area contributed by atoms with E-state index in [0.717, 1.165) is 41.4 Å². The zero-order chi connectivity index (χ0) is 19.7. The van der Waals surface area contributed by atoms with Gasteiger partial charge < -0.3 is 9.80 Å². The summed E-state index contributed by atoms with van der Waals surface area (Å²) in [4.78, 5) is 25.9. The third kappa shape index (κ3) is 3.60. The average Bonchev–Trinajstić information content (AvgIpc) is 3.06. The Labute approximate surface area is 164 Å². The fourth-order valence-corrected chi connectivity index (χ4v) is 3.48. The number of piperazine rings is 1. The molecule has 144 valence electrons. The molecule has 1 aromatic carbocycles. The smallest absolute Gasteiger partial charge is 0.253 e. The van der Waals surface area contributed by atoms with Gasteiger partial charge in [0, 0.05) is 37.4 Å². The summed E-state index contributed by atoms with van der Waals surface area (Å²) >= 11 is 0. The number of benzene rings is 1. The maximum absolute atomic E-state index is 12.7. The van der Waals surface area contributed by atoms with Crippen LogP contribution in [0.15, 0.2) is 42.7 Å². The molecule has 0 aliphatic carbocycles. The van der Waals surface area contributed by atoms with Gasteiger partial charge in [-0.25, -0.2) is 9.67 Å². The van der Waals surface area contributed by atoms with Gasteiger partial charge in [0.1, 0.15) is 5.82 Å². The van der Waals surface area contributed by atoms with Gasteiger partial charge in [-0.05, 0) is 39.0 Å². The molecule has 3 aromatic rings. The van der Waals surface area contributed by atoms with Gasteiger partial charge in [0.05, 0.1) is 18.1 Å². The SMILES string of the molecule is Cc1ccc(C(=O)N2CCN(c3cncc(-n4nc(C)cc4C)n3)CC2)cc1. The Morgan fingerprint density at radius 1 is 0.929 bits per heavy atom. The number of rotatable bonds is 3. The molecule has 1 aliphatic rings. The van der Waals surface area contributed by atoms with Gasteiger partial charge in [0.25, 0.3) is 5.91 Å². The maximum Gasteiger partial charge on any atom is 0.253 e. The summed E-state index contributed by atoms with van der Waals surface area (Å²) in [5.41, 5.74) is 3.87. The van der Waals surface area contributed by atoms with Gasteiger partial charge in [-0.3, -0.25) is 9.78 Å². The van der Waals surface area contributed by atoms with Crippen LogP contribution in [0.5, 0.6) is 0 Å². The molecule has 7 heteroatoms. The van der Waals surface area contributed by atoms with Crippen LogP contribution in [0, 0.1) is 20.8 Å². The van der Waals surface area contributed by atoms with E-state index >= 15 is 0 Å². The summed E-state index contributed by atoms with van der Waals surface area (Å²) in [7, 11) is 0. The molecule has 7 nitrogen and oxygen atoms in total. The number of carbonyl (C=O) groups excluding carboxylic acids is 1. The van der Waals surface area contributed by atoms with Crippen LogP contribution in [-0.2, 0) is 0 Å². The summed E-state index contributed by atoms with van der Waals surface area (Å²) < 4.78 is 1.81. The van der Waals surface area contributed by atoms with E-state index < -0.39 is 0 Å². The molecule has 3 heterocycles. The van der Waals surface area contributed by atoms with E-state index in [1.807, 2.05) is 60.7 Å². The van der Waals surface area contributed by atoms with Gasteiger partial charge in [0.15, 0.2) is 5.82 Å². The molecule has 4 rings (SSSR count). The first kappa shape index (κ1) is 18.2. The number of aromatic nitrogens is 4. The molecule has 1 fully saturated rings. The molecule has 1 aliphatic heterocycles. The predicted octanol–water partition coefficient (Wildman–Crippen LogP) is 2.55. The molecular formula is C21H24N6O. The zero-order valence-corrected chi connectivity index (χ0v) is 16.5. The fraction of sp³-hybridized carbons (Fsp3) is 0.333. The van der Waals surface area contributed by atoms with Crippen LogP contribution in [0.2, 0.25) is 0 Å². The Hall–Kier alpha value is -3.22. The van der Waals surface area contributed by atoms with Crippen LogP contribution in [0.3, 0.4) is 0 Å². The highest BCUT2D eigenvalue weighted by atomic mass is 16.2. The van der Waals surface area contributed by atoms with Crippen molar-refractivity contribution >= 4 is 11.7 Å². The van der Waals surface area contributed by atoms with Crippen molar-refractivity contribution in [2.45, 2.75) is 20.8 Å².